The predicted molar refractivity (Wildman–Crippen MR) is 127 cm³/mol. The highest BCUT2D eigenvalue weighted by Gasteiger charge is 2.37. The summed E-state index contributed by atoms with van der Waals surface area (Å²) < 4.78 is 0. The van der Waals surface area contributed by atoms with Gasteiger partial charge in [-0.15, -0.1) is 0 Å². The first kappa shape index (κ1) is 20.9. The Labute approximate surface area is 190 Å². The number of fused-ring (bicyclic) bond motifs is 2. The standard InChI is InChI=1S/C26H32N4O2/c1-19-7-6-8-21(17-19)28-13-15-29(16-14-28)25(31)20-10-11-22-23(18-20)27(2)24-9-4-3-5-12-30(24)26(22)32/h6-8,10-11,17-18,24H,3-5,9,12-16H2,1-2H3/t24-/m1/s1. The van der Waals surface area contributed by atoms with Gasteiger partial charge in [0.1, 0.15) is 6.17 Å². The van der Waals surface area contributed by atoms with Crippen LogP contribution in [0.15, 0.2) is 42.5 Å². The molecule has 0 aromatic heterocycles. The molecule has 32 heavy (non-hydrogen) atoms. The van der Waals surface area contributed by atoms with E-state index in [9.17, 15) is 9.59 Å². The number of benzene rings is 2. The average molecular weight is 433 g/mol. The molecule has 1 atom stereocenters. The van der Waals surface area contributed by atoms with Gasteiger partial charge in [0.15, 0.2) is 0 Å². The number of carbonyl (C=O) groups excluding carboxylic acids is 2. The minimum Gasteiger partial charge on any atom is -0.368 e. The highest BCUT2D eigenvalue weighted by molar-refractivity contribution is 6.04. The Bertz CT molecular complexity index is 1030. The van der Waals surface area contributed by atoms with Crippen LogP contribution in [0.3, 0.4) is 0 Å². The van der Waals surface area contributed by atoms with E-state index in [2.05, 4.69) is 48.0 Å². The molecule has 0 radical (unpaired) electrons. The van der Waals surface area contributed by atoms with E-state index in [1.165, 1.54) is 17.7 Å². The fraction of sp³-hybridized carbons (Fsp3) is 0.462. The van der Waals surface area contributed by atoms with E-state index in [0.29, 0.717) is 24.2 Å². The lowest BCUT2D eigenvalue weighted by molar-refractivity contribution is 0.0659. The summed E-state index contributed by atoms with van der Waals surface area (Å²) in [6, 6.07) is 14.1. The molecule has 5 rings (SSSR count). The Kier molecular flexibility index (Phi) is 5.53. The van der Waals surface area contributed by atoms with Gasteiger partial charge in [0, 0.05) is 51.0 Å². The van der Waals surface area contributed by atoms with Crippen LogP contribution in [0.25, 0.3) is 0 Å². The maximum atomic E-state index is 13.3. The second kappa shape index (κ2) is 8.49. The van der Waals surface area contributed by atoms with Crippen molar-refractivity contribution in [2.75, 3.05) is 49.6 Å². The molecule has 2 aromatic rings. The molecule has 3 heterocycles. The third kappa shape index (κ3) is 3.72. The summed E-state index contributed by atoms with van der Waals surface area (Å²) >= 11 is 0. The topological polar surface area (TPSA) is 47.1 Å². The number of anilines is 2. The molecule has 0 bridgehead atoms. The molecule has 0 N–H and O–H groups in total. The Morgan fingerprint density at radius 2 is 1.75 bits per heavy atom. The lowest BCUT2D eigenvalue weighted by Crippen LogP contribution is -2.53. The fourth-order valence-electron chi connectivity index (χ4n) is 5.36. The number of carbonyl (C=O) groups is 2. The lowest BCUT2D eigenvalue weighted by atomic mass is 10.0. The van der Waals surface area contributed by atoms with Crippen molar-refractivity contribution in [2.45, 2.75) is 38.8 Å². The molecule has 2 amide bonds. The van der Waals surface area contributed by atoms with E-state index in [1.54, 1.807) is 0 Å². The quantitative estimate of drug-likeness (QED) is 0.725. The van der Waals surface area contributed by atoms with Gasteiger partial charge in [-0.2, -0.15) is 0 Å². The van der Waals surface area contributed by atoms with Crippen LogP contribution in [-0.2, 0) is 0 Å². The largest absolute Gasteiger partial charge is 0.368 e. The molecule has 0 saturated carbocycles. The molecular formula is C26H32N4O2. The van der Waals surface area contributed by atoms with Gasteiger partial charge in [-0.3, -0.25) is 9.59 Å². The minimum absolute atomic E-state index is 0.0563. The first-order valence-corrected chi connectivity index (χ1v) is 11.8. The van der Waals surface area contributed by atoms with Crippen LogP contribution in [0.2, 0.25) is 0 Å². The Balaban J connectivity index is 1.32. The van der Waals surface area contributed by atoms with E-state index in [4.69, 9.17) is 0 Å². The highest BCUT2D eigenvalue weighted by atomic mass is 16.2. The molecule has 168 valence electrons. The van der Waals surface area contributed by atoms with Crippen molar-refractivity contribution in [1.82, 2.24) is 9.80 Å². The monoisotopic (exact) mass is 432 g/mol. The van der Waals surface area contributed by atoms with Gasteiger partial charge in [0.25, 0.3) is 11.8 Å². The van der Waals surface area contributed by atoms with E-state index >= 15 is 0 Å². The number of rotatable bonds is 2. The second-order valence-electron chi connectivity index (χ2n) is 9.29. The average Bonchev–Trinajstić information content (AvgIpc) is 3.08. The molecule has 2 saturated heterocycles. The zero-order chi connectivity index (χ0) is 22.2. The molecule has 0 aliphatic carbocycles. The smallest absolute Gasteiger partial charge is 0.257 e. The van der Waals surface area contributed by atoms with Crippen molar-refractivity contribution >= 4 is 23.2 Å². The second-order valence-corrected chi connectivity index (χ2v) is 9.29. The zero-order valence-electron chi connectivity index (χ0n) is 19.1. The lowest BCUT2D eigenvalue weighted by Gasteiger charge is -2.43. The summed E-state index contributed by atoms with van der Waals surface area (Å²) in [5.74, 6) is 0.164. The molecule has 2 fully saturated rings. The van der Waals surface area contributed by atoms with Gasteiger partial charge in [0.2, 0.25) is 0 Å². The van der Waals surface area contributed by atoms with Gasteiger partial charge in [-0.25, -0.2) is 0 Å². The number of nitrogens with zero attached hydrogens (tertiary/aromatic N) is 4. The molecule has 6 heteroatoms. The van der Waals surface area contributed by atoms with E-state index < -0.39 is 0 Å². The number of hydrogen-bond acceptors (Lipinski definition) is 4. The molecular weight excluding hydrogens is 400 g/mol. The number of piperazine rings is 1. The summed E-state index contributed by atoms with van der Waals surface area (Å²) in [6.07, 6.45) is 4.46. The summed E-state index contributed by atoms with van der Waals surface area (Å²) in [6.45, 7) is 5.99. The first-order valence-electron chi connectivity index (χ1n) is 11.8. The van der Waals surface area contributed by atoms with Gasteiger partial charge >= 0.3 is 0 Å². The SMILES string of the molecule is Cc1cccc(N2CCN(C(=O)c3ccc4c(c3)N(C)[C@H]3CCCCCN3C4=O)CC2)c1. The van der Waals surface area contributed by atoms with E-state index in [1.807, 2.05) is 28.0 Å². The van der Waals surface area contributed by atoms with Crippen molar-refractivity contribution < 1.29 is 9.59 Å². The summed E-state index contributed by atoms with van der Waals surface area (Å²) in [5.41, 5.74) is 4.75. The van der Waals surface area contributed by atoms with Crippen molar-refractivity contribution in [3.63, 3.8) is 0 Å². The Morgan fingerprint density at radius 3 is 2.53 bits per heavy atom. The molecule has 3 aliphatic heterocycles. The number of hydrogen-bond donors (Lipinski definition) is 0. The summed E-state index contributed by atoms with van der Waals surface area (Å²) in [5, 5.41) is 0. The Morgan fingerprint density at radius 1 is 0.938 bits per heavy atom. The molecule has 0 unspecified atom stereocenters. The van der Waals surface area contributed by atoms with Crippen molar-refractivity contribution in [2.24, 2.45) is 0 Å². The third-order valence-electron chi connectivity index (χ3n) is 7.22. The van der Waals surface area contributed by atoms with Gasteiger partial charge in [-0.1, -0.05) is 18.6 Å². The van der Waals surface area contributed by atoms with Crippen molar-refractivity contribution in [3.8, 4) is 0 Å². The van der Waals surface area contributed by atoms with Crippen LogP contribution in [-0.4, -0.2) is 67.6 Å². The van der Waals surface area contributed by atoms with Gasteiger partial charge < -0.3 is 19.6 Å². The summed E-state index contributed by atoms with van der Waals surface area (Å²) in [4.78, 5) is 34.9. The minimum atomic E-state index is 0.0563. The first-order chi connectivity index (χ1) is 15.5. The van der Waals surface area contributed by atoms with Crippen molar-refractivity contribution in [1.29, 1.82) is 0 Å². The zero-order valence-corrected chi connectivity index (χ0v) is 19.1. The van der Waals surface area contributed by atoms with Crippen LogP contribution in [0.1, 0.15) is 52.0 Å². The van der Waals surface area contributed by atoms with Gasteiger partial charge in [0.05, 0.1) is 11.3 Å². The fourth-order valence-corrected chi connectivity index (χ4v) is 5.36. The molecule has 2 aromatic carbocycles. The Hall–Kier alpha value is -3.02. The highest BCUT2D eigenvalue weighted by Crippen LogP contribution is 2.34. The maximum absolute atomic E-state index is 13.3. The molecule has 6 nitrogen and oxygen atoms in total. The third-order valence-corrected chi connectivity index (χ3v) is 7.22. The predicted octanol–water partition coefficient (Wildman–Crippen LogP) is 3.75. The van der Waals surface area contributed by atoms with E-state index in [0.717, 1.165) is 44.6 Å². The van der Waals surface area contributed by atoms with Crippen LogP contribution < -0.4 is 9.80 Å². The van der Waals surface area contributed by atoms with Crippen LogP contribution >= 0.6 is 0 Å². The summed E-state index contributed by atoms with van der Waals surface area (Å²) in [7, 11) is 2.06. The molecule has 0 spiro atoms. The van der Waals surface area contributed by atoms with Crippen LogP contribution in [0, 0.1) is 6.92 Å². The van der Waals surface area contributed by atoms with Gasteiger partial charge in [-0.05, 0) is 62.1 Å². The van der Waals surface area contributed by atoms with Crippen molar-refractivity contribution in [3.05, 3.63) is 59.2 Å². The number of aryl methyl sites for hydroxylation is 1. The maximum Gasteiger partial charge on any atom is 0.257 e. The molecule has 3 aliphatic rings. The normalized spacial score (nSPS) is 21.2. The van der Waals surface area contributed by atoms with E-state index in [-0.39, 0.29) is 18.0 Å². The van der Waals surface area contributed by atoms with Crippen LogP contribution in [0.4, 0.5) is 11.4 Å². The van der Waals surface area contributed by atoms with Crippen LogP contribution in [0.5, 0.6) is 0 Å². The number of amides is 2.